The summed E-state index contributed by atoms with van der Waals surface area (Å²) in [6.07, 6.45) is 5.14. The van der Waals surface area contributed by atoms with Crippen molar-refractivity contribution in [1.29, 1.82) is 0 Å². The number of aromatic hydroxyl groups is 1. The van der Waals surface area contributed by atoms with Crippen molar-refractivity contribution >= 4 is 0 Å². The Morgan fingerprint density at radius 2 is 2.00 bits per heavy atom. The van der Waals surface area contributed by atoms with Crippen molar-refractivity contribution in [3.05, 3.63) is 59.7 Å². The van der Waals surface area contributed by atoms with E-state index in [1.54, 1.807) is 6.07 Å². The fourth-order valence-corrected chi connectivity index (χ4v) is 3.95. The topological polar surface area (TPSA) is 41.5 Å². The molecule has 0 heterocycles. The number of nitrogens with one attached hydrogen (secondary N) is 1. The van der Waals surface area contributed by atoms with Crippen LogP contribution in [-0.2, 0) is 6.54 Å². The van der Waals surface area contributed by atoms with Crippen molar-refractivity contribution in [2.45, 2.75) is 52.2 Å². The number of hydrogen-bond acceptors (Lipinski definition) is 3. The number of para-hydroxylation sites is 1. The third-order valence-corrected chi connectivity index (χ3v) is 5.54. The molecule has 3 rings (SSSR count). The molecule has 3 atom stereocenters. The quantitative estimate of drug-likeness (QED) is 0.731. The first-order valence-electron chi connectivity index (χ1n) is 9.82. The summed E-state index contributed by atoms with van der Waals surface area (Å²) in [6, 6.07) is 15.9. The number of rotatable bonds is 7. The molecule has 3 heteroatoms. The van der Waals surface area contributed by atoms with Crippen molar-refractivity contribution in [3.8, 4) is 11.5 Å². The summed E-state index contributed by atoms with van der Waals surface area (Å²) >= 11 is 0. The number of benzene rings is 2. The maximum absolute atomic E-state index is 9.86. The summed E-state index contributed by atoms with van der Waals surface area (Å²) in [5.41, 5.74) is 2.21. The van der Waals surface area contributed by atoms with Gasteiger partial charge in [0.05, 0.1) is 6.10 Å². The lowest BCUT2D eigenvalue weighted by molar-refractivity contribution is 0.102. The summed E-state index contributed by atoms with van der Waals surface area (Å²) in [5.74, 6) is 2.66. The zero-order valence-electron chi connectivity index (χ0n) is 15.9. The molecule has 26 heavy (non-hydrogen) atoms. The van der Waals surface area contributed by atoms with E-state index in [9.17, 15) is 5.11 Å². The smallest absolute Gasteiger partial charge is 0.120 e. The van der Waals surface area contributed by atoms with Gasteiger partial charge in [-0.15, -0.1) is 0 Å². The average Bonchev–Trinajstić information content (AvgIpc) is 2.63. The van der Waals surface area contributed by atoms with Crippen LogP contribution in [0.3, 0.4) is 0 Å². The Morgan fingerprint density at radius 3 is 2.81 bits per heavy atom. The molecular formula is C23H31NO2. The van der Waals surface area contributed by atoms with Gasteiger partial charge in [-0.3, -0.25) is 0 Å². The molecule has 1 saturated carbocycles. The van der Waals surface area contributed by atoms with Crippen LogP contribution in [0.1, 0.15) is 43.7 Å². The van der Waals surface area contributed by atoms with E-state index in [0.717, 1.165) is 30.7 Å². The van der Waals surface area contributed by atoms with Gasteiger partial charge in [0.25, 0.3) is 0 Å². The van der Waals surface area contributed by atoms with Gasteiger partial charge in [0.15, 0.2) is 0 Å². The highest BCUT2D eigenvalue weighted by atomic mass is 16.5. The summed E-state index contributed by atoms with van der Waals surface area (Å²) in [5, 5.41) is 13.4. The second-order valence-corrected chi connectivity index (χ2v) is 7.72. The van der Waals surface area contributed by atoms with E-state index in [0.29, 0.717) is 30.2 Å². The van der Waals surface area contributed by atoms with Crippen LogP contribution in [-0.4, -0.2) is 17.8 Å². The minimum atomic E-state index is 0.330. The van der Waals surface area contributed by atoms with Crippen molar-refractivity contribution in [2.24, 2.45) is 11.8 Å². The second-order valence-electron chi connectivity index (χ2n) is 7.72. The number of phenolic OH excluding ortho intramolecular Hbond substituents is 1. The molecule has 2 aromatic rings. The molecular weight excluding hydrogens is 322 g/mol. The molecule has 140 valence electrons. The third kappa shape index (κ3) is 5.25. The highest BCUT2D eigenvalue weighted by Gasteiger charge is 2.27. The maximum atomic E-state index is 9.86. The van der Waals surface area contributed by atoms with Crippen LogP contribution in [0.4, 0.5) is 0 Å². The number of aryl methyl sites for hydroxylation is 1. The number of ether oxygens (including phenoxy) is 1. The van der Waals surface area contributed by atoms with Gasteiger partial charge >= 0.3 is 0 Å². The van der Waals surface area contributed by atoms with Crippen LogP contribution >= 0.6 is 0 Å². The summed E-state index contributed by atoms with van der Waals surface area (Å²) in [7, 11) is 0. The van der Waals surface area contributed by atoms with E-state index < -0.39 is 0 Å². The van der Waals surface area contributed by atoms with Gasteiger partial charge in [0, 0.05) is 12.1 Å². The molecule has 0 radical (unpaired) electrons. The monoisotopic (exact) mass is 353 g/mol. The van der Waals surface area contributed by atoms with Crippen molar-refractivity contribution in [1.82, 2.24) is 5.32 Å². The highest BCUT2D eigenvalue weighted by Crippen LogP contribution is 2.32. The molecule has 1 fully saturated rings. The van der Waals surface area contributed by atoms with E-state index in [1.165, 1.54) is 18.4 Å². The maximum Gasteiger partial charge on any atom is 0.120 e. The van der Waals surface area contributed by atoms with Gasteiger partial charge < -0.3 is 15.2 Å². The Balaban J connectivity index is 1.46. The fourth-order valence-electron chi connectivity index (χ4n) is 3.95. The number of hydrogen-bond donors (Lipinski definition) is 2. The van der Waals surface area contributed by atoms with Crippen molar-refractivity contribution in [2.75, 3.05) is 6.54 Å². The third-order valence-electron chi connectivity index (χ3n) is 5.54. The molecule has 0 aromatic heterocycles. The number of phenols is 1. The predicted molar refractivity (Wildman–Crippen MR) is 107 cm³/mol. The van der Waals surface area contributed by atoms with Crippen LogP contribution < -0.4 is 10.1 Å². The minimum absolute atomic E-state index is 0.330. The van der Waals surface area contributed by atoms with Gasteiger partial charge in [-0.1, -0.05) is 37.3 Å². The molecule has 1 aliphatic carbocycles. The Morgan fingerprint density at radius 1 is 1.15 bits per heavy atom. The zero-order valence-corrected chi connectivity index (χ0v) is 15.9. The second kappa shape index (κ2) is 9.09. The molecule has 1 unspecified atom stereocenters. The van der Waals surface area contributed by atoms with Crippen LogP contribution in [0.15, 0.2) is 48.5 Å². The van der Waals surface area contributed by atoms with Gasteiger partial charge in [0.2, 0.25) is 0 Å². The molecule has 0 saturated heterocycles. The van der Waals surface area contributed by atoms with E-state index in [2.05, 4.69) is 43.4 Å². The Bertz CT molecular complexity index is 700. The first-order chi connectivity index (χ1) is 12.6. The first-order valence-corrected chi connectivity index (χ1v) is 9.82. The Hall–Kier alpha value is -2.00. The van der Waals surface area contributed by atoms with E-state index in [-0.39, 0.29) is 0 Å². The van der Waals surface area contributed by atoms with Crippen LogP contribution in [0.2, 0.25) is 0 Å². The fraction of sp³-hybridized carbons (Fsp3) is 0.478. The predicted octanol–water partition coefficient (Wildman–Crippen LogP) is 5.06. The van der Waals surface area contributed by atoms with E-state index in [1.807, 2.05) is 18.2 Å². The summed E-state index contributed by atoms with van der Waals surface area (Å²) < 4.78 is 6.25. The standard InChI is InChI=1S/C23H31NO2/c1-17-7-5-10-21(13-17)26-22-11-6-9-19(14-22)18(2)15-24-16-20-8-3-4-12-23(20)25/h3-5,7-8,10,12-13,18-19,22,24-25H,6,9,11,14-16H2,1-2H3/t18?,19-,22+/m0/s1. The highest BCUT2D eigenvalue weighted by molar-refractivity contribution is 5.31. The van der Waals surface area contributed by atoms with Crippen LogP contribution in [0.5, 0.6) is 11.5 Å². The molecule has 2 aromatic carbocycles. The zero-order chi connectivity index (χ0) is 18.4. The summed E-state index contributed by atoms with van der Waals surface area (Å²) in [4.78, 5) is 0. The van der Waals surface area contributed by atoms with Crippen molar-refractivity contribution in [3.63, 3.8) is 0 Å². The SMILES string of the molecule is Cc1cccc(O[C@@H]2CCC[C@H](C(C)CNCc3ccccc3O)C2)c1. The normalized spacial score (nSPS) is 21.3. The molecule has 0 spiro atoms. The van der Waals surface area contributed by atoms with Crippen LogP contribution in [0.25, 0.3) is 0 Å². The van der Waals surface area contributed by atoms with Gasteiger partial charge in [-0.05, 0) is 74.8 Å². The van der Waals surface area contributed by atoms with Gasteiger partial charge in [0.1, 0.15) is 11.5 Å². The van der Waals surface area contributed by atoms with E-state index >= 15 is 0 Å². The van der Waals surface area contributed by atoms with Gasteiger partial charge in [-0.25, -0.2) is 0 Å². The summed E-state index contributed by atoms with van der Waals surface area (Å²) in [6.45, 7) is 6.12. The lowest BCUT2D eigenvalue weighted by atomic mass is 9.79. The van der Waals surface area contributed by atoms with Gasteiger partial charge in [-0.2, -0.15) is 0 Å². The molecule has 2 N–H and O–H groups in total. The first kappa shape index (κ1) is 18.8. The average molecular weight is 354 g/mol. The Labute approximate surface area is 157 Å². The van der Waals surface area contributed by atoms with Crippen molar-refractivity contribution < 1.29 is 9.84 Å². The van der Waals surface area contributed by atoms with E-state index in [4.69, 9.17) is 4.74 Å². The van der Waals surface area contributed by atoms with Crippen LogP contribution in [0, 0.1) is 18.8 Å². The molecule has 1 aliphatic rings. The molecule has 0 amide bonds. The molecule has 0 aliphatic heterocycles. The lowest BCUT2D eigenvalue weighted by Gasteiger charge is -2.33. The molecule has 0 bridgehead atoms. The lowest BCUT2D eigenvalue weighted by Crippen LogP contribution is -2.33. The minimum Gasteiger partial charge on any atom is -0.508 e. The largest absolute Gasteiger partial charge is 0.508 e. The molecule has 3 nitrogen and oxygen atoms in total. The Kier molecular flexibility index (Phi) is 6.56.